The summed E-state index contributed by atoms with van der Waals surface area (Å²) in [7, 11) is 2.15. The molecule has 0 saturated carbocycles. The Labute approximate surface area is 196 Å². The van der Waals surface area contributed by atoms with Gasteiger partial charge in [0.1, 0.15) is 0 Å². The maximum Gasteiger partial charge on any atom is 0.189 e. The van der Waals surface area contributed by atoms with Crippen molar-refractivity contribution in [2.45, 2.75) is 66.7 Å². The summed E-state index contributed by atoms with van der Waals surface area (Å²) < 4.78 is 26.8. The number of allylic oxidation sites excluding steroid dienone is 2. The highest BCUT2D eigenvalue weighted by molar-refractivity contribution is 7.92. The van der Waals surface area contributed by atoms with Crippen LogP contribution in [0, 0.1) is 13.8 Å². The van der Waals surface area contributed by atoms with Gasteiger partial charge in [-0.3, -0.25) is 0 Å². The number of nitrogens with zero attached hydrogens (tertiary/aromatic N) is 4. The predicted octanol–water partition coefficient (Wildman–Crippen LogP) is 5.09. The second-order valence-electron chi connectivity index (χ2n) is 6.71. The van der Waals surface area contributed by atoms with E-state index in [9.17, 15) is 8.42 Å². The van der Waals surface area contributed by atoms with Crippen molar-refractivity contribution in [3.8, 4) is 0 Å². The maximum atomic E-state index is 12.6. The van der Waals surface area contributed by atoms with Crippen molar-refractivity contribution in [2.24, 2.45) is 0 Å². The van der Waals surface area contributed by atoms with Crippen molar-refractivity contribution < 1.29 is 8.42 Å². The first-order valence-electron chi connectivity index (χ1n) is 11.3. The van der Waals surface area contributed by atoms with E-state index in [-0.39, 0.29) is 10.6 Å². The number of likely N-dealkylation sites (N-methyl/N-ethyl adjacent to an activating group) is 1. The third kappa shape index (κ3) is 8.74. The summed E-state index contributed by atoms with van der Waals surface area (Å²) in [6, 6.07) is 0. The molecule has 0 aliphatic carbocycles. The number of fused-ring (bicyclic) bond motifs is 1. The van der Waals surface area contributed by atoms with Gasteiger partial charge in [-0.15, -0.1) is 11.7 Å². The minimum absolute atomic E-state index is 0.134. The van der Waals surface area contributed by atoms with E-state index in [1.807, 2.05) is 81.6 Å². The molecule has 0 atom stereocenters. The van der Waals surface area contributed by atoms with E-state index >= 15 is 0 Å². The van der Waals surface area contributed by atoms with Crippen molar-refractivity contribution in [1.29, 1.82) is 0 Å². The third-order valence-corrected chi connectivity index (χ3v) is 5.98. The van der Waals surface area contributed by atoms with Crippen LogP contribution in [0.1, 0.15) is 58.5 Å². The Bertz CT molecular complexity index is 941. The zero-order chi connectivity index (χ0) is 25.5. The number of hydrogen-bond donors (Lipinski definition) is 1. The van der Waals surface area contributed by atoms with Crippen molar-refractivity contribution in [3.05, 3.63) is 41.8 Å². The Morgan fingerprint density at radius 1 is 1.09 bits per heavy atom. The zero-order valence-corrected chi connectivity index (χ0v) is 22.9. The Morgan fingerprint density at radius 3 is 2.03 bits per heavy atom. The molecular weight excluding hydrogens is 422 g/mol. The molecule has 0 saturated heterocycles. The van der Waals surface area contributed by atoms with Gasteiger partial charge in [0.15, 0.2) is 26.2 Å². The van der Waals surface area contributed by atoms with E-state index in [1.54, 1.807) is 11.6 Å². The topological polar surface area (TPSA) is 79.6 Å². The molecule has 2 heterocycles. The van der Waals surface area contributed by atoms with Crippen LogP contribution in [0.2, 0.25) is 0 Å². The van der Waals surface area contributed by atoms with Gasteiger partial charge in [-0.1, -0.05) is 45.9 Å². The number of rotatable bonds is 7. The molecule has 2 rings (SSSR count). The van der Waals surface area contributed by atoms with Gasteiger partial charge >= 0.3 is 0 Å². The van der Waals surface area contributed by atoms with Crippen LogP contribution in [0.3, 0.4) is 0 Å². The van der Waals surface area contributed by atoms with Crippen molar-refractivity contribution in [3.63, 3.8) is 0 Å². The minimum Gasteiger partial charge on any atom is -0.371 e. The number of anilines is 1. The molecule has 0 amide bonds. The van der Waals surface area contributed by atoms with Crippen molar-refractivity contribution in [1.82, 2.24) is 19.5 Å². The molecule has 0 bridgehead atoms. The van der Waals surface area contributed by atoms with Gasteiger partial charge in [0, 0.05) is 25.0 Å². The Kier molecular flexibility index (Phi) is 16.4. The molecule has 184 valence electrons. The highest BCUT2D eigenvalue weighted by Crippen LogP contribution is 2.28. The second kappa shape index (κ2) is 16.4. The average Bonchev–Trinajstić information content (AvgIpc) is 3.16. The molecule has 8 heteroatoms. The number of aromatic nitrogens is 3. The Balaban J connectivity index is 0. The molecule has 0 aliphatic rings. The summed E-state index contributed by atoms with van der Waals surface area (Å²) in [6.07, 6.45) is 6.21. The predicted molar refractivity (Wildman–Crippen MR) is 140 cm³/mol. The van der Waals surface area contributed by atoms with E-state index in [1.165, 1.54) is 6.08 Å². The molecule has 0 spiro atoms. The second-order valence-corrected chi connectivity index (χ2v) is 8.69. The van der Waals surface area contributed by atoms with Gasteiger partial charge in [-0.05, 0) is 53.8 Å². The van der Waals surface area contributed by atoms with Crippen LogP contribution < -0.4 is 5.32 Å². The molecule has 2 aromatic rings. The molecule has 0 fully saturated rings. The first-order valence-corrected chi connectivity index (χ1v) is 12.9. The minimum atomic E-state index is -3.54. The van der Waals surface area contributed by atoms with Crippen LogP contribution >= 0.6 is 0 Å². The summed E-state index contributed by atoms with van der Waals surface area (Å²) >= 11 is 0. The summed E-state index contributed by atoms with van der Waals surface area (Å²) in [6.45, 7) is 20.3. The number of nitrogens with one attached hydrogen (secondary N) is 1. The van der Waals surface area contributed by atoms with Crippen LogP contribution in [0.25, 0.3) is 5.65 Å². The molecule has 0 aliphatic heterocycles. The van der Waals surface area contributed by atoms with Gasteiger partial charge < -0.3 is 10.2 Å². The number of aryl methyl sites for hydroxylation is 2. The summed E-state index contributed by atoms with van der Waals surface area (Å²) in [4.78, 5) is 6.80. The van der Waals surface area contributed by atoms with E-state index in [0.717, 1.165) is 29.9 Å². The zero-order valence-electron chi connectivity index (χ0n) is 22.1. The van der Waals surface area contributed by atoms with Crippen LogP contribution in [0.4, 0.5) is 5.82 Å². The standard InChI is InChI=1S/C16H25N5O2S.C4H8.2C2H6/c1-7-10-24(22,23)14-15(17-4)19-21-12(3)13(8-9-20(5)6)11(2)18-16(14)21;1-3-4-2;2*1-2/h7H,1,8-10H2,2-6H3,(H,17,19);3-4H,1-2H3;2*1-2H3/b;4-3-;;. The maximum absolute atomic E-state index is 12.6. The molecule has 0 radical (unpaired) electrons. The number of hydrogen-bond acceptors (Lipinski definition) is 6. The number of sulfone groups is 1. The van der Waals surface area contributed by atoms with Gasteiger partial charge in [-0.25, -0.2) is 17.9 Å². The van der Waals surface area contributed by atoms with E-state index in [0.29, 0.717) is 11.5 Å². The van der Waals surface area contributed by atoms with E-state index in [4.69, 9.17) is 0 Å². The fourth-order valence-electron chi connectivity index (χ4n) is 2.73. The van der Waals surface area contributed by atoms with Gasteiger partial charge in [0.2, 0.25) is 0 Å². The van der Waals surface area contributed by atoms with Crippen LogP contribution in [-0.2, 0) is 16.3 Å². The molecule has 1 N–H and O–H groups in total. The average molecular weight is 468 g/mol. The Hall–Kier alpha value is -2.19. The lowest BCUT2D eigenvalue weighted by Crippen LogP contribution is -2.17. The highest BCUT2D eigenvalue weighted by Gasteiger charge is 2.27. The lowest BCUT2D eigenvalue weighted by Gasteiger charge is -2.14. The fourth-order valence-corrected chi connectivity index (χ4v) is 4.05. The van der Waals surface area contributed by atoms with Gasteiger partial charge in [0.25, 0.3) is 0 Å². The third-order valence-electron chi connectivity index (χ3n) is 4.31. The van der Waals surface area contributed by atoms with Gasteiger partial charge in [-0.2, -0.15) is 0 Å². The SMILES string of the molecule is C/C=C\C.C=CCS(=O)(=O)c1c(NC)nn2c(C)c(CCN(C)C)c(C)nc12.CC.CC. The first kappa shape index (κ1) is 32.0. The smallest absolute Gasteiger partial charge is 0.189 e. The first-order chi connectivity index (χ1) is 15.1. The van der Waals surface area contributed by atoms with Crippen molar-refractivity contribution in [2.75, 3.05) is 38.8 Å². The highest BCUT2D eigenvalue weighted by atomic mass is 32.2. The largest absolute Gasteiger partial charge is 0.371 e. The molecular formula is C24H45N5O2S. The van der Waals surface area contributed by atoms with E-state index < -0.39 is 9.84 Å². The quantitative estimate of drug-likeness (QED) is 0.572. The molecule has 0 unspecified atom stereocenters. The summed E-state index contributed by atoms with van der Waals surface area (Å²) in [5, 5.41) is 7.30. The van der Waals surface area contributed by atoms with E-state index in [2.05, 4.69) is 26.9 Å². The van der Waals surface area contributed by atoms with Crippen LogP contribution in [-0.4, -0.2) is 61.4 Å². The summed E-state index contributed by atoms with van der Waals surface area (Å²) in [5.74, 6) is 0.169. The normalized spacial score (nSPS) is 10.6. The van der Waals surface area contributed by atoms with Crippen LogP contribution in [0.15, 0.2) is 29.7 Å². The van der Waals surface area contributed by atoms with Gasteiger partial charge in [0.05, 0.1) is 5.75 Å². The molecule has 2 aromatic heterocycles. The summed E-state index contributed by atoms with van der Waals surface area (Å²) in [5.41, 5.74) is 3.20. The monoisotopic (exact) mass is 467 g/mol. The van der Waals surface area contributed by atoms with Crippen molar-refractivity contribution >= 4 is 21.3 Å². The lowest BCUT2D eigenvalue weighted by molar-refractivity contribution is 0.412. The fraction of sp³-hybridized carbons (Fsp3) is 0.583. The lowest BCUT2D eigenvalue weighted by atomic mass is 10.1. The molecule has 32 heavy (non-hydrogen) atoms. The molecule has 7 nitrogen and oxygen atoms in total. The Morgan fingerprint density at radius 2 is 1.62 bits per heavy atom. The van der Waals surface area contributed by atoms with Crippen LogP contribution in [0.5, 0.6) is 0 Å². The molecule has 0 aromatic carbocycles.